The molecule has 0 N–H and O–H groups in total. The minimum absolute atomic E-state index is 0.0231. The van der Waals surface area contributed by atoms with Crippen molar-refractivity contribution in [3.63, 3.8) is 0 Å². The summed E-state index contributed by atoms with van der Waals surface area (Å²) < 4.78 is 0. The van der Waals surface area contributed by atoms with Crippen LogP contribution in [0.15, 0.2) is 18.2 Å². The van der Waals surface area contributed by atoms with Gasteiger partial charge in [-0.3, -0.25) is 4.79 Å². The van der Waals surface area contributed by atoms with Crippen molar-refractivity contribution in [3.05, 3.63) is 29.3 Å². The molecule has 2 rings (SSSR count). The molecule has 0 bridgehead atoms. The van der Waals surface area contributed by atoms with E-state index in [1.807, 2.05) is 6.92 Å². The van der Waals surface area contributed by atoms with Gasteiger partial charge in [0.15, 0.2) is 5.75 Å². The molecule has 25 heavy (non-hydrogen) atoms. The smallest absolute Gasteiger partial charge is 0.262 e. The molecule has 1 unspecified atom stereocenters. The highest BCUT2D eigenvalue weighted by Crippen LogP contribution is 2.33. The standard InChI is InChI=1S/C22H35NO2/c1-4-5-6-7-8-9-10-11-12-13-14-19-15-16-20-18(2)22(24)23(3)25-21(20)17-19/h15-18H,4-14H2,1-3H3. The van der Waals surface area contributed by atoms with Crippen LogP contribution in [0.4, 0.5) is 0 Å². The first kappa shape index (κ1) is 19.8. The topological polar surface area (TPSA) is 29.5 Å². The lowest BCUT2D eigenvalue weighted by Crippen LogP contribution is -2.37. The zero-order chi connectivity index (χ0) is 18.1. The summed E-state index contributed by atoms with van der Waals surface area (Å²) in [6.45, 7) is 4.22. The summed E-state index contributed by atoms with van der Waals surface area (Å²) in [4.78, 5) is 17.6. The van der Waals surface area contributed by atoms with Crippen LogP contribution in [0, 0.1) is 0 Å². The highest BCUT2D eigenvalue weighted by Gasteiger charge is 2.29. The molecule has 1 aliphatic heterocycles. The van der Waals surface area contributed by atoms with Crippen molar-refractivity contribution in [1.82, 2.24) is 5.06 Å². The molecule has 0 radical (unpaired) electrons. The Morgan fingerprint density at radius 1 is 0.960 bits per heavy atom. The second-order valence-electron chi connectivity index (χ2n) is 7.45. The summed E-state index contributed by atoms with van der Waals surface area (Å²) in [6.07, 6.45) is 14.7. The van der Waals surface area contributed by atoms with Crippen molar-refractivity contribution in [3.8, 4) is 5.75 Å². The first-order valence-corrected chi connectivity index (χ1v) is 10.2. The third-order valence-electron chi connectivity index (χ3n) is 5.28. The largest absolute Gasteiger partial charge is 0.377 e. The fourth-order valence-corrected chi connectivity index (χ4v) is 3.59. The van der Waals surface area contributed by atoms with Gasteiger partial charge < -0.3 is 4.84 Å². The van der Waals surface area contributed by atoms with E-state index in [-0.39, 0.29) is 11.8 Å². The Kier molecular flexibility index (Phi) is 8.30. The Hall–Kier alpha value is -1.51. The first-order chi connectivity index (χ1) is 12.1. The quantitative estimate of drug-likeness (QED) is 0.459. The van der Waals surface area contributed by atoms with Crippen molar-refractivity contribution in [2.45, 2.75) is 90.4 Å². The predicted octanol–water partition coefficient (Wildman–Crippen LogP) is 6.02. The van der Waals surface area contributed by atoms with Gasteiger partial charge in [-0.1, -0.05) is 76.8 Å². The molecule has 140 valence electrons. The number of carbonyl (C=O) groups excluding carboxylic acids is 1. The number of unbranched alkanes of at least 4 members (excludes halogenated alkanes) is 9. The Balaban J connectivity index is 1.64. The number of aryl methyl sites for hydroxylation is 1. The van der Waals surface area contributed by atoms with Gasteiger partial charge >= 0.3 is 0 Å². The zero-order valence-electron chi connectivity index (χ0n) is 16.4. The van der Waals surface area contributed by atoms with Crippen LogP contribution in [0.1, 0.15) is 95.1 Å². The first-order valence-electron chi connectivity index (χ1n) is 10.2. The molecular weight excluding hydrogens is 310 g/mol. The van der Waals surface area contributed by atoms with E-state index in [0.717, 1.165) is 17.7 Å². The maximum atomic E-state index is 11.9. The highest BCUT2D eigenvalue weighted by molar-refractivity contribution is 5.84. The van der Waals surface area contributed by atoms with Crippen LogP contribution in [0.2, 0.25) is 0 Å². The van der Waals surface area contributed by atoms with E-state index in [2.05, 4.69) is 25.1 Å². The van der Waals surface area contributed by atoms with Gasteiger partial charge in [0.1, 0.15) is 0 Å². The lowest BCUT2D eigenvalue weighted by atomic mass is 9.95. The number of likely N-dealkylation sites (N-methyl/N-ethyl adjacent to an activating group) is 1. The van der Waals surface area contributed by atoms with Crippen molar-refractivity contribution < 1.29 is 9.63 Å². The maximum absolute atomic E-state index is 11.9. The van der Waals surface area contributed by atoms with Gasteiger partial charge in [0.2, 0.25) is 0 Å². The van der Waals surface area contributed by atoms with Crippen LogP contribution in [0.3, 0.4) is 0 Å². The van der Waals surface area contributed by atoms with Crippen LogP contribution < -0.4 is 4.84 Å². The van der Waals surface area contributed by atoms with Gasteiger partial charge in [-0.15, -0.1) is 0 Å². The summed E-state index contributed by atoms with van der Waals surface area (Å²) in [5, 5.41) is 1.36. The minimum Gasteiger partial charge on any atom is -0.377 e. The van der Waals surface area contributed by atoms with Crippen LogP contribution in [0.5, 0.6) is 5.75 Å². The molecule has 1 aliphatic rings. The van der Waals surface area contributed by atoms with Crippen LogP contribution in [-0.2, 0) is 11.2 Å². The monoisotopic (exact) mass is 345 g/mol. The lowest BCUT2D eigenvalue weighted by molar-refractivity contribution is -0.157. The number of benzene rings is 1. The maximum Gasteiger partial charge on any atom is 0.262 e. The van der Waals surface area contributed by atoms with E-state index >= 15 is 0 Å². The number of rotatable bonds is 11. The third kappa shape index (κ3) is 6.05. The molecule has 1 aromatic carbocycles. The van der Waals surface area contributed by atoms with Gasteiger partial charge in [-0.05, 0) is 31.4 Å². The van der Waals surface area contributed by atoms with Crippen molar-refractivity contribution in [2.24, 2.45) is 0 Å². The average Bonchev–Trinajstić information content (AvgIpc) is 2.61. The fraction of sp³-hybridized carbons (Fsp3) is 0.682. The third-order valence-corrected chi connectivity index (χ3v) is 5.28. The summed E-state index contributed by atoms with van der Waals surface area (Å²) in [5.74, 6) is 0.759. The van der Waals surface area contributed by atoms with E-state index < -0.39 is 0 Å². The Bertz CT molecular complexity index is 541. The van der Waals surface area contributed by atoms with Crippen LogP contribution in [0.25, 0.3) is 0 Å². The predicted molar refractivity (Wildman–Crippen MR) is 104 cm³/mol. The zero-order valence-corrected chi connectivity index (χ0v) is 16.4. The normalized spacial score (nSPS) is 16.7. The average molecular weight is 346 g/mol. The number of hydrogen-bond donors (Lipinski definition) is 0. The molecule has 3 heteroatoms. The molecule has 0 fully saturated rings. The number of hydroxylamine groups is 2. The molecule has 0 saturated heterocycles. The molecule has 0 saturated carbocycles. The highest BCUT2D eigenvalue weighted by atomic mass is 16.7. The number of carbonyl (C=O) groups is 1. The van der Waals surface area contributed by atoms with E-state index in [1.165, 1.54) is 74.8 Å². The van der Waals surface area contributed by atoms with Crippen molar-refractivity contribution in [1.29, 1.82) is 0 Å². The number of amides is 1. The van der Waals surface area contributed by atoms with E-state index in [1.54, 1.807) is 7.05 Å². The fourth-order valence-electron chi connectivity index (χ4n) is 3.59. The summed E-state index contributed by atoms with van der Waals surface area (Å²) in [5.41, 5.74) is 2.32. The molecule has 1 heterocycles. The summed E-state index contributed by atoms with van der Waals surface area (Å²) in [7, 11) is 1.69. The molecule has 3 nitrogen and oxygen atoms in total. The van der Waals surface area contributed by atoms with Crippen molar-refractivity contribution in [2.75, 3.05) is 7.05 Å². The van der Waals surface area contributed by atoms with Gasteiger partial charge in [0, 0.05) is 12.6 Å². The Morgan fingerprint density at radius 3 is 2.20 bits per heavy atom. The van der Waals surface area contributed by atoms with Gasteiger partial charge in [0.25, 0.3) is 5.91 Å². The Labute approximate surface area is 153 Å². The molecule has 0 aliphatic carbocycles. The van der Waals surface area contributed by atoms with Crippen molar-refractivity contribution >= 4 is 5.91 Å². The summed E-state index contributed by atoms with van der Waals surface area (Å²) >= 11 is 0. The molecule has 1 aromatic rings. The lowest BCUT2D eigenvalue weighted by Gasteiger charge is -2.29. The van der Waals surface area contributed by atoms with Crippen LogP contribution in [-0.4, -0.2) is 18.0 Å². The SMILES string of the molecule is CCCCCCCCCCCCc1ccc2c(c1)ON(C)C(=O)C2C. The van der Waals surface area contributed by atoms with Crippen LogP contribution >= 0.6 is 0 Å². The molecular formula is C22H35NO2. The molecule has 0 spiro atoms. The second kappa shape index (κ2) is 10.5. The van der Waals surface area contributed by atoms with E-state index in [0.29, 0.717) is 0 Å². The summed E-state index contributed by atoms with van der Waals surface area (Å²) in [6, 6.07) is 6.34. The number of nitrogens with zero attached hydrogens (tertiary/aromatic N) is 1. The van der Waals surface area contributed by atoms with Gasteiger partial charge in [-0.2, -0.15) is 5.06 Å². The molecule has 0 aromatic heterocycles. The second-order valence-corrected chi connectivity index (χ2v) is 7.45. The van der Waals surface area contributed by atoms with E-state index in [4.69, 9.17) is 4.84 Å². The minimum atomic E-state index is -0.111. The number of hydrogen-bond acceptors (Lipinski definition) is 2. The molecule has 1 amide bonds. The Morgan fingerprint density at radius 2 is 1.56 bits per heavy atom. The van der Waals surface area contributed by atoms with E-state index in [9.17, 15) is 4.79 Å². The number of fused-ring (bicyclic) bond motifs is 1. The molecule has 1 atom stereocenters. The van der Waals surface area contributed by atoms with Gasteiger partial charge in [0.05, 0.1) is 5.92 Å². The van der Waals surface area contributed by atoms with Gasteiger partial charge in [-0.25, -0.2) is 0 Å².